The highest BCUT2D eigenvalue weighted by molar-refractivity contribution is 5.40. The van der Waals surface area contributed by atoms with Crippen LogP contribution in [0.3, 0.4) is 0 Å². The lowest BCUT2D eigenvalue weighted by atomic mass is 10.1. The Labute approximate surface area is 150 Å². The van der Waals surface area contributed by atoms with Crippen LogP contribution >= 0.6 is 0 Å². The molecule has 0 unspecified atom stereocenters. The number of hydrogen-bond donors (Lipinski definition) is 0. The Hall–Kier alpha value is -2.59. The summed E-state index contributed by atoms with van der Waals surface area (Å²) in [7, 11) is 0. The normalized spacial score (nSPS) is 16.2. The van der Waals surface area contributed by atoms with Crippen LogP contribution < -0.4 is 4.90 Å². The van der Waals surface area contributed by atoms with Crippen LogP contribution in [0.4, 0.5) is 19.0 Å². The quantitative estimate of drug-likeness (QED) is 0.837. The topological polar surface area (TPSA) is 43.2 Å². The number of pyridine rings is 1. The minimum Gasteiger partial charge on any atom is -0.355 e. The summed E-state index contributed by atoms with van der Waals surface area (Å²) in [6.45, 7) is 3.90. The van der Waals surface area contributed by atoms with E-state index in [1.165, 1.54) is 6.07 Å². The Kier molecular flexibility index (Phi) is 5.43. The van der Waals surface area contributed by atoms with Gasteiger partial charge in [-0.2, -0.15) is 18.4 Å². The molecule has 1 aliphatic heterocycles. The molecular weight excluding hydrogens is 341 g/mol. The van der Waals surface area contributed by atoms with Crippen LogP contribution in [-0.2, 0) is 12.7 Å². The fourth-order valence-electron chi connectivity index (χ4n) is 3.10. The van der Waals surface area contributed by atoms with E-state index >= 15 is 0 Å². The maximum Gasteiger partial charge on any atom is 0.417 e. The van der Waals surface area contributed by atoms with Crippen molar-refractivity contribution in [1.82, 2.24) is 9.88 Å². The molecule has 1 saturated heterocycles. The monoisotopic (exact) mass is 360 g/mol. The van der Waals surface area contributed by atoms with E-state index in [0.29, 0.717) is 17.9 Å². The molecule has 1 aromatic carbocycles. The molecule has 3 rings (SSSR count). The Morgan fingerprint density at radius 1 is 1.08 bits per heavy atom. The summed E-state index contributed by atoms with van der Waals surface area (Å²) < 4.78 is 38.0. The summed E-state index contributed by atoms with van der Waals surface area (Å²) >= 11 is 0. The second-order valence-corrected chi connectivity index (χ2v) is 6.33. The molecule has 1 aromatic heterocycles. The van der Waals surface area contributed by atoms with Crippen molar-refractivity contribution in [3.05, 3.63) is 59.3 Å². The van der Waals surface area contributed by atoms with Crippen molar-refractivity contribution < 1.29 is 13.2 Å². The number of halogens is 3. The van der Waals surface area contributed by atoms with Gasteiger partial charge in [0.1, 0.15) is 5.82 Å². The average molecular weight is 360 g/mol. The van der Waals surface area contributed by atoms with Crippen LogP contribution in [0, 0.1) is 11.3 Å². The predicted octanol–water partition coefficient (Wildman–Crippen LogP) is 3.68. The van der Waals surface area contributed by atoms with Gasteiger partial charge in [0.05, 0.1) is 17.2 Å². The lowest BCUT2D eigenvalue weighted by Gasteiger charge is -2.23. The first-order valence-corrected chi connectivity index (χ1v) is 8.45. The summed E-state index contributed by atoms with van der Waals surface area (Å²) in [6, 6.07) is 12.2. The number of nitriles is 1. The summed E-state index contributed by atoms with van der Waals surface area (Å²) in [5, 5.41) is 9.00. The highest BCUT2D eigenvalue weighted by atomic mass is 19.4. The zero-order chi connectivity index (χ0) is 18.6. The van der Waals surface area contributed by atoms with Gasteiger partial charge >= 0.3 is 6.18 Å². The van der Waals surface area contributed by atoms with E-state index in [4.69, 9.17) is 5.26 Å². The molecule has 136 valence electrons. The molecule has 4 nitrogen and oxygen atoms in total. The second kappa shape index (κ2) is 7.75. The van der Waals surface area contributed by atoms with Crippen molar-refractivity contribution in [2.45, 2.75) is 19.1 Å². The fourth-order valence-corrected chi connectivity index (χ4v) is 3.10. The first-order valence-electron chi connectivity index (χ1n) is 8.45. The van der Waals surface area contributed by atoms with Gasteiger partial charge in [-0.1, -0.05) is 12.1 Å². The molecule has 2 aromatic rings. The van der Waals surface area contributed by atoms with Gasteiger partial charge in [0.25, 0.3) is 0 Å². The van der Waals surface area contributed by atoms with Crippen LogP contribution in [0.25, 0.3) is 0 Å². The van der Waals surface area contributed by atoms with Crippen LogP contribution in [0.15, 0.2) is 42.6 Å². The van der Waals surface area contributed by atoms with E-state index < -0.39 is 11.7 Å². The number of hydrogen-bond acceptors (Lipinski definition) is 4. The van der Waals surface area contributed by atoms with Gasteiger partial charge in [-0.25, -0.2) is 4.98 Å². The van der Waals surface area contributed by atoms with Gasteiger partial charge in [0.2, 0.25) is 0 Å². The maximum absolute atomic E-state index is 12.7. The highest BCUT2D eigenvalue weighted by Gasteiger charge is 2.31. The molecule has 1 fully saturated rings. The maximum atomic E-state index is 12.7. The van der Waals surface area contributed by atoms with Crippen molar-refractivity contribution >= 4 is 5.82 Å². The summed E-state index contributed by atoms with van der Waals surface area (Å²) in [5.74, 6) is 0.575. The van der Waals surface area contributed by atoms with Crippen LogP contribution in [0.2, 0.25) is 0 Å². The van der Waals surface area contributed by atoms with Gasteiger partial charge in [-0.05, 0) is 36.2 Å². The van der Waals surface area contributed by atoms with Crippen LogP contribution in [0.1, 0.15) is 23.1 Å². The third-order valence-electron chi connectivity index (χ3n) is 4.45. The van der Waals surface area contributed by atoms with E-state index in [9.17, 15) is 13.2 Å². The number of aromatic nitrogens is 1. The van der Waals surface area contributed by atoms with E-state index in [2.05, 4.69) is 16.0 Å². The smallest absolute Gasteiger partial charge is 0.355 e. The molecule has 0 radical (unpaired) electrons. The van der Waals surface area contributed by atoms with Crippen molar-refractivity contribution in [3.8, 4) is 6.07 Å². The largest absolute Gasteiger partial charge is 0.417 e. The first-order chi connectivity index (χ1) is 12.5. The lowest BCUT2D eigenvalue weighted by molar-refractivity contribution is -0.137. The van der Waals surface area contributed by atoms with Crippen LogP contribution in [0.5, 0.6) is 0 Å². The van der Waals surface area contributed by atoms with Crippen molar-refractivity contribution in [2.75, 3.05) is 31.1 Å². The molecule has 0 spiro atoms. The molecule has 1 aliphatic rings. The van der Waals surface area contributed by atoms with Gasteiger partial charge in [0, 0.05) is 38.9 Å². The second-order valence-electron chi connectivity index (χ2n) is 6.33. The Morgan fingerprint density at radius 3 is 2.62 bits per heavy atom. The molecular formula is C19H19F3N4. The van der Waals surface area contributed by atoms with E-state index in [1.54, 1.807) is 6.07 Å². The molecule has 0 atom stereocenters. The molecule has 0 N–H and O–H groups in total. The van der Waals surface area contributed by atoms with E-state index in [-0.39, 0.29) is 0 Å². The van der Waals surface area contributed by atoms with E-state index in [1.807, 2.05) is 23.1 Å². The highest BCUT2D eigenvalue weighted by Crippen LogP contribution is 2.29. The molecule has 0 aliphatic carbocycles. The average Bonchev–Trinajstić information content (AvgIpc) is 2.87. The fraction of sp³-hybridized carbons (Fsp3) is 0.368. The first kappa shape index (κ1) is 18.2. The number of rotatable bonds is 3. The third-order valence-corrected chi connectivity index (χ3v) is 4.45. The SMILES string of the molecule is N#Cc1cccc(CN2CCCN(c3ccc(C(F)(F)F)cn3)CC2)c1. The Balaban J connectivity index is 1.62. The van der Waals surface area contributed by atoms with Crippen molar-refractivity contribution in [2.24, 2.45) is 0 Å². The number of benzene rings is 1. The standard InChI is InChI=1S/C19H19F3N4/c20-19(21,22)17-5-6-18(24-13-17)26-8-2-7-25(9-10-26)14-16-4-1-3-15(11-16)12-23/h1,3-6,11,13H,2,7-10,14H2. The lowest BCUT2D eigenvalue weighted by Crippen LogP contribution is -2.31. The van der Waals surface area contributed by atoms with Crippen molar-refractivity contribution in [3.63, 3.8) is 0 Å². The van der Waals surface area contributed by atoms with Gasteiger partial charge < -0.3 is 4.90 Å². The van der Waals surface area contributed by atoms with Crippen molar-refractivity contribution in [1.29, 1.82) is 5.26 Å². The molecule has 0 bridgehead atoms. The Bertz CT molecular complexity index is 781. The summed E-state index contributed by atoms with van der Waals surface area (Å²) in [6.07, 6.45) is -2.56. The zero-order valence-electron chi connectivity index (χ0n) is 14.2. The van der Waals surface area contributed by atoms with Gasteiger partial charge in [-0.15, -0.1) is 0 Å². The molecule has 0 amide bonds. The predicted molar refractivity (Wildman–Crippen MR) is 92.5 cm³/mol. The minimum absolute atomic E-state index is 0.575. The third kappa shape index (κ3) is 4.52. The molecule has 7 heteroatoms. The minimum atomic E-state index is -4.36. The molecule has 26 heavy (non-hydrogen) atoms. The van der Waals surface area contributed by atoms with Gasteiger partial charge in [-0.3, -0.25) is 4.90 Å². The zero-order valence-corrected chi connectivity index (χ0v) is 14.2. The number of anilines is 1. The molecule has 2 heterocycles. The number of nitrogens with zero attached hydrogens (tertiary/aromatic N) is 4. The van der Waals surface area contributed by atoms with Gasteiger partial charge in [0.15, 0.2) is 0 Å². The number of alkyl halides is 3. The Morgan fingerprint density at radius 2 is 1.92 bits per heavy atom. The summed E-state index contributed by atoms with van der Waals surface area (Å²) in [4.78, 5) is 8.31. The summed E-state index contributed by atoms with van der Waals surface area (Å²) in [5.41, 5.74) is 1.01. The van der Waals surface area contributed by atoms with Crippen LogP contribution in [-0.4, -0.2) is 36.1 Å². The van der Waals surface area contributed by atoms with E-state index in [0.717, 1.165) is 50.4 Å². The molecule has 0 saturated carbocycles.